The Labute approximate surface area is 147 Å². The van der Waals surface area contributed by atoms with Crippen LogP contribution in [0.5, 0.6) is 0 Å². The van der Waals surface area contributed by atoms with E-state index in [2.05, 4.69) is 15.4 Å². The zero-order chi connectivity index (χ0) is 18.0. The van der Waals surface area contributed by atoms with Crippen LogP contribution in [0.3, 0.4) is 0 Å². The lowest BCUT2D eigenvalue weighted by Crippen LogP contribution is -2.14. The van der Waals surface area contributed by atoms with Crippen LogP contribution in [0.2, 0.25) is 5.02 Å². The number of rotatable bonds is 4. The summed E-state index contributed by atoms with van der Waals surface area (Å²) in [6.07, 6.45) is 3.75. The molecule has 2 heterocycles. The maximum absolute atomic E-state index is 13.2. The zero-order valence-corrected chi connectivity index (χ0v) is 14.0. The molecule has 10 heteroatoms. The molecular formula is C15H10ClFN4O3S. The van der Waals surface area contributed by atoms with E-state index in [0.717, 1.165) is 24.4 Å². The first kappa shape index (κ1) is 17.1. The van der Waals surface area contributed by atoms with Gasteiger partial charge in [0.15, 0.2) is 0 Å². The third-order valence-electron chi connectivity index (χ3n) is 3.15. The average molecular weight is 381 g/mol. The summed E-state index contributed by atoms with van der Waals surface area (Å²) in [5.74, 6) is -1.24. The highest BCUT2D eigenvalue weighted by Gasteiger charge is 2.20. The van der Waals surface area contributed by atoms with Crippen LogP contribution in [0, 0.1) is 5.82 Å². The van der Waals surface area contributed by atoms with Gasteiger partial charge in [0.05, 0.1) is 28.0 Å². The van der Waals surface area contributed by atoms with Gasteiger partial charge < -0.3 is 5.32 Å². The lowest BCUT2D eigenvalue weighted by Gasteiger charge is -2.05. The number of carbonyl (C=O) groups is 1. The number of hydrogen-bond acceptors (Lipinski definition) is 5. The second-order valence-corrected chi connectivity index (χ2v) is 7.05. The molecule has 0 bridgehead atoms. The summed E-state index contributed by atoms with van der Waals surface area (Å²) < 4.78 is 38.8. The molecule has 0 saturated carbocycles. The van der Waals surface area contributed by atoms with Gasteiger partial charge in [0, 0.05) is 6.20 Å². The molecule has 1 aromatic carbocycles. The zero-order valence-electron chi connectivity index (χ0n) is 12.4. The van der Waals surface area contributed by atoms with E-state index < -0.39 is 21.7 Å². The fourth-order valence-electron chi connectivity index (χ4n) is 1.94. The Morgan fingerprint density at radius 1 is 1.24 bits per heavy atom. The second-order valence-electron chi connectivity index (χ2n) is 4.85. The van der Waals surface area contributed by atoms with Gasteiger partial charge in [-0.2, -0.15) is 17.6 Å². The number of benzene rings is 1. The normalized spacial score (nSPS) is 11.3. The number of pyridine rings is 1. The minimum absolute atomic E-state index is 0.160. The van der Waals surface area contributed by atoms with Gasteiger partial charge in [-0.25, -0.2) is 4.39 Å². The summed E-state index contributed by atoms with van der Waals surface area (Å²) in [6.45, 7) is 0. The molecule has 0 aliphatic rings. The lowest BCUT2D eigenvalue weighted by atomic mass is 10.3. The fourth-order valence-corrected chi connectivity index (χ4v) is 3.33. The number of amides is 1. The SMILES string of the molecule is O=C(Nc1cnn(S(=O)(=O)c2ccc(F)c(Cl)c2)c1)c1ccccn1. The third-order valence-corrected chi connectivity index (χ3v) is 4.98. The molecule has 0 saturated heterocycles. The summed E-state index contributed by atoms with van der Waals surface area (Å²) in [5, 5.41) is 5.88. The number of aromatic nitrogens is 3. The molecule has 3 aromatic rings. The van der Waals surface area contributed by atoms with Crippen molar-refractivity contribution in [3.63, 3.8) is 0 Å². The van der Waals surface area contributed by atoms with Crippen molar-refractivity contribution in [1.29, 1.82) is 0 Å². The first-order valence-corrected chi connectivity index (χ1v) is 8.67. The van der Waals surface area contributed by atoms with Crippen molar-refractivity contribution in [1.82, 2.24) is 14.2 Å². The van der Waals surface area contributed by atoms with Gasteiger partial charge >= 0.3 is 0 Å². The van der Waals surface area contributed by atoms with Crippen LogP contribution in [0.15, 0.2) is 59.9 Å². The Balaban J connectivity index is 1.85. The average Bonchev–Trinajstić information content (AvgIpc) is 3.07. The van der Waals surface area contributed by atoms with Crippen LogP contribution in [-0.4, -0.2) is 28.5 Å². The van der Waals surface area contributed by atoms with Crippen molar-refractivity contribution >= 4 is 33.2 Å². The van der Waals surface area contributed by atoms with E-state index in [-0.39, 0.29) is 21.3 Å². The topological polar surface area (TPSA) is 94.0 Å². The predicted octanol–water partition coefficient (Wildman–Crippen LogP) is 2.56. The minimum atomic E-state index is -4.07. The molecule has 0 aliphatic heterocycles. The van der Waals surface area contributed by atoms with Gasteiger partial charge in [0.1, 0.15) is 11.5 Å². The maximum Gasteiger partial charge on any atom is 0.283 e. The molecule has 0 unspecified atom stereocenters. The van der Waals surface area contributed by atoms with Crippen LogP contribution in [0.25, 0.3) is 0 Å². The van der Waals surface area contributed by atoms with Gasteiger partial charge in [0.2, 0.25) is 0 Å². The number of carbonyl (C=O) groups excluding carboxylic acids is 1. The van der Waals surface area contributed by atoms with E-state index in [1.54, 1.807) is 12.1 Å². The summed E-state index contributed by atoms with van der Waals surface area (Å²) in [6, 6.07) is 7.83. The van der Waals surface area contributed by atoms with Gasteiger partial charge in [0.25, 0.3) is 15.9 Å². The molecule has 7 nitrogen and oxygen atoms in total. The summed E-state index contributed by atoms with van der Waals surface area (Å²) in [7, 11) is -4.07. The van der Waals surface area contributed by atoms with Gasteiger partial charge in [-0.3, -0.25) is 9.78 Å². The highest BCUT2D eigenvalue weighted by Crippen LogP contribution is 2.21. The van der Waals surface area contributed by atoms with Crippen LogP contribution in [0.1, 0.15) is 10.5 Å². The Morgan fingerprint density at radius 3 is 2.72 bits per heavy atom. The first-order valence-electron chi connectivity index (χ1n) is 6.85. The smallest absolute Gasteiger partial charge is 0.283 e. The number of hydrogen-bond donors (Lipinski definition) is 1. The summed E-state index contributed by atoms with van der Waals surface area (Å²) in [4.78, 5) is 15.7. The van der Waals surface area contributed by atoms with Crippen molar-refractivity contribution < 1.29 is 17.6 Å². The Hall–Kier alpha value is -2.78. The van der Waals surface area contributed by atoms with Gasteiger partial charge in [-0.05, 0) is 30.3 Å². The Morgan fingerprint density at radius 2 is 2.04 bits per heavy atom. The fraction of sp³-hybridized carbons (Fsp3) is 0. The standard InChI is InChI=1S/C15H10ClFN4O3S/c16-12-7-11(4-5-13(12)17)25(23,24)21-9-10(8-19-21)20-15(22)14-3-1-2-6-18-14/h1-9H,(H,20,22). The third kappa shape index (κ3) is 3.52. The van der Waals surface area contributed by atoms with E-state index in [1.165, 1.54) is 18.5 Å². The van der Waals surface area contributed by atoms with Gasteiger partial charge in [-0.15, -0.1) is 0 Å². The second kappa shape index (κ2) is 6.61. The van der Waals surface area contributed by atoms with Gasteiger partial charge in [-0.1, -0.05) is 17.7 Å². The number of anilines is 1. The molecule has 1 amide bonds. The molecule has 3 rings (SSSR count). The van der Waals surface area contributed by atoms with Crippen LogP contribution < -0.4 is 5.32 Å². The first-order chi connectivity index (χ1) is 11.9. The maximum atomic E-state index is 13.2. The van der Waals surface area contributed by atoms with Crippen molar-refractivity contribution in [2.75, 3.05) is 5.32 Å². The largest absolute Gasteiger partial charge is 0.318 e. The highest BCUT2D eigenvalue weighted by atomic mass is 35.5. The van der Waals surface area contributed by atoms with Crippen molar-refractivity contribution in [2.24, 2.45) is 0 Å². The molecule has 0 spiro atoms. The minimum Gasteiger partial charge on any atom is -0.318 e. The molecule has 0 fully saturated rings. The molecule has 128 valence electrons. The predicted molar refractivity (Wildman–Crippen MR) is 88.4 cm³/mol. The molecule has 0 atom stereocenters. The number of nitrogens with zero attached hydrogens (tertiary/aromatic N) is 3. The van der Waals surface area contributed by atoms with E-state index >= 15 is 0 Å². The lowest BCUT2D eigenvalue weighted by molar-refractivity contribution is 0.102. The molecule has 0 radical (unpaired) electrons. The highest BCUT2D eigenvalue weighted by molar-refractivity contribution is 7.89. The van der Waals surface area contributed by atoms with Crippen LogP contribution >= 0.6 is 11.6 Å². The van der Waals surface area contributed by atoms with E-state index in [1.807, 2.05) is 0 Å². The molecule has 0 aliphatic carbocycles. The van der Waals surface area contributed by atoms with Crippen molar-refractivity contribution in [3.8, 4) is 0 Å². The molecule has 1 N–H and O–H groups in total. The van der Waals surface area contributed by atoms with Crippen LogP contribution in [0.4, 0.5) is 10.1 Å². The van der Waals surface area contributed by atoms with Crippen LogP contribution in [-0.2, 0) is 10.0 Å². The molecule has 2 aromatic heterocycles. The van der Waals surface area contributed by atoms with E-state index in [9.17, 15) is 17.6 Å². The molecule has 25 heavy (non-hydrogen) atoms. The molecular weight excluding hydrogens is 371 g/mol. The van der Waals surface area contributed by atoms with E-state index in [0.29, 0.717) is 4.09 Å². The van der Waals surface area contributed by atoms with E-state index in [4.69, 9.17) is 11.6 Å². The number of nitrogens with one attached hydrogen (secondary N) is 1. The Bertz CT molecular complexity index is 1040. The monoisotopic (exact) mass is 380 g/mol. The summed E-state index contributed by atoms with van der Waals surface area (Å²) in [5.41, 5.74) is 0.330. The summed E-state index contributed by atoms with van der Waals surface area (Å²) >= 11 is 5.62. The van der Waals surface area contributed by atoms with Crippen molar-refractivity contribution in [3.05, 3.63) is 71.5 Å². The van der Waals surface area contributed by atoms with Crippen molar-refractivity contribution in [2.45, 2.75) is 4.90 Å². The Kier molecular flexibility index (Phi) is 4.51. The quantitative estimate of drug-likeness (QED) is 0.750. The number of halogens is 2.